The molecule has 0 bridgehead atoms. The molecule has 0 radical (unpaired) electrons. The molecule has 1 heterocycles. The normalized spacial score (nSPS) is 22.5. The summed E-state index contributed by atoms with van der Waals surface area (Å²) in [4.78, 5) is 25.3. The second-order valence-corrected chi connectivity index (χ2v) is 7.16. The van der Waals surface area contributed by atoms with Crippen LogP contribution in [0.4, 0.5) is 4.79 Å². The molecule has 0 aromatic rings. The van der Waals surface area contributed by atoms with Gasteiger partial charge in [0.2, 0.25) is 0 Å². The average Bonchev–Trinajstić information content (AvgIpc) is 2.86. The first-order valence-corrected chi connectivity index (χ1v) is 8.20. The van der Waals surface area contributed by atoms with Gasteiger partial charge in [-0.05, 0) is 43.4 Å². The standard InChI is InChI=1S/C16H28N2O3/c1-12(2)11-13(14(19)20)17-15(21)18-9-7-16(8-10-18)5-3-4-6-16/h12-13H,3-11H2,1-2H3,(H,17,21)(H,19,20)/t13-/m0/s1. The molecule has 0 unspecified atom stereocenters. The van der Waals surface area contributed by atoms with Crippen LogP contribution in [0.25, 0.3) is 0 Å². The van der Waals surface area contributed by atoms with Crippen LogP contribution in [0.1, 0.15) is 58.8 Å². The first kappa shape index (κ1) is 16.1. The topological polar surface area (TPSA) is 69.6 Å². The van der Waals surface area contributed by atoms with Gasteiger partial charge in [0.1, 0.15) is 6.04 Å². The number of likely N-dealkylation sites (tertiary alicyclic amines) is 1. The molecule has 1 saturated heterocycles. The number of carboxylic acids is 1. The molecule has 0 aromatic carbocycles. The van der Waals surface area contributed by atoms with Crippen LogP contribution in [-0.4, -0.2) is 41.1 Å². The molecule has 21 heavy (non-hydrogen) atoms. The molecule has 120 valence electrons. The summed E-state index contributed by atoms with van der Waals surface area (Å²) in [6.07, 6.45) is 7.86. The van der Waals surface area contributed by atoms with Gasteiger partial charge < -0.3 is 15.3 Å². The van der Waals surface area contributed by atoms with Crippen LogP contribution in [0.15, 0.2) is 0 Å². The summed E-state index contributed by atoms with van der Waals surface area (Å²) in [5.41, 5.74) is 0.473. The Morgan fingerprint density at radius 3 is 2.19 bits per heavy atom. The summed E-state index contributed by atoms with van der Waals surface area (Å²) < 4.78 is 0. The van der Waals surface area contributed by atoms with Gasteiger partial charge in [-0.2, -0.15) is 0 Å². The minimum atomic E-state index is -0.943. The summed E-state index contributed by atoms with van der Waals surface area (Å²) in [7, 11) is 0. The first-order chi connectivity index (χ1) is 9.92. The van der Waals surface area contributed by atoms with E-state index in [4.69, 9.17) is 0 Å². The molecule has 2 rings (SSSR count). The number of carbonyl (C=O) groups excluding carboxylic acids is 1. The van der Waals surface area contributed by atoms with E-state index < -0.39 is 12.0 Å². The SMILES string of the molecule is CC(C)C[C@H](NC(=O)N1CCC2(CCCC2)CC1)C(=O)O. The third-order valence-corrected chi connectivity index (χ3v) is 5.08. The maximum absolute atomic E-state index is 12.2. The Labute approximate surface area is 127 Å². The lowest BCUT2D eigenvalue weighted by Gasteiger charge is -2.39. The lowest BCUT2D eigenvalue weighted by atomic mass is 9.77. The first-order valence-electron chi connectivity index (χ1n) is 8.20. The van der Waals surface area contributed by atoms with Crippen molar-refractivity contribution < 1.29 is 14.7 Å². The van der Waals surface area contributed by atoms with Crippen molar-refractivity contribution >= 4 is 12.0 Å². The van der Waals surface area contributed by atoms with Crippen molar-refractivity contribution in [1.29, 1.82) is 0 Å². The molecule has 1 aliphatic heterocycles. The van der Waals surface area contributed by atoms with Crippen LogP contribution >= 0.6 is 0 Å². The van der Waals surface area contributed by atoms with Gasteiger partial charge in [-0.25, -0.2) is 9.59 Å². The molecule has 5 nitrogen and oxygen atoms in total. The van der Waals surface area contributed by atoms with Crippen LogP contribution in [0.2, 0.25) is 0 Å². The van der Waals surface area contributed by atoms with E-state index in [0.29, 0.717) is 11.8 Å². The fourth-order valence-corrected chi connectivity index (χ4v) is 3.74. The van der Waals surface area contributed by atoms with Crippen LogP contribution in [0, 0.1) is 11.3 Å². The molecular formula is C16H28N2O3. The summed E-state index contributed by atoms with van der Waals surface area (Å²) in [5, 5.41) is 11.9. The fraction of sp³-hybridized carbons (Fsp3) is 0.875. The Kier molecular flexibility index (Phi) is 5.12. The van der Waals surface area contributed by atoms with Gasteiger partial charge in [0.25, 0.3) is 0 Å². The maximum atomic E-state index is 12.2. The molecule has 2 fully saturated rings. The van der Waals surface area contributed by atoms with Crippen LogP contribution in [0.3, 0.4) is 0 Å². The molecule has 2 aliphatic rings. The van der Waals surface area contributed by atoms with Crippen LogP contribution in [-0.2, 0) is 4.79 Å². The molecule has 1 aliphatic carbocycles. The average molecular weight is 296 g/mol. The molecule has 1 spiro atoms. The lowest BCUT2D eigenvalue weighted by molar-refractivity contribution is -0.139. The Balaban J connectivity index is 1.84. The lowest BCUT2D eigenvalue weighted by Crippen LogP contribution is -2.51. The number of rotatable bonds is 4. The van der Waals surface area contributed by atoms with Crippen molar-refractivity contribution in [3.63, 3.8) is 0 Å². The number of piperidine rings is 1. The molecule has 5 heteroatoms. The van der Waals surface area contributed by atoms with Crippen LogP contribution in [0.5, 0.6) is 0 Å². The summed E-state index contributed by atoms with van der Waals surface area (Å²) >= 11 is 0. The molecule has 2 amide bonds. The second kappa shape index (κ2) is 6.67. The third kappa shape index (κ3) is 4.11. The van der Waals surface area contributed by atoms with Gasteiger partial charge in [-0.15, -0.1) is 0 Å². The van der Waals surface area contributed by atoms with E-state index in [9.17, 15) is 14.7 Å². The molecule has 1 atom stereocenters. The van der Waals surface area contributed by atoms with E-state index in [2.05, 4.69) is 5.32 Å². The van der Waals surface area contributed by atoms with Gasteiger partial charge in [0.05, 0.1) is 0 Å². The van der Waals surface area contributed by atoms with Gasteiger partial charge in [-0.3, -0.25) is 0 Å². The Hall–Kier alpha value is -1.26. The van der Waals surface area contributed by atoms with Crippen molar-refractivity contribution in [2.24, 2.45) is 11.3 Å². The van der Waals surface area contributed by atoms with E-state index in [-0.39, 0.29) is 11.9 Å². The highest BCUT2D eigenvalue weighted by molar-refractivity contribution is 5.82. The quantitative estimate of drug-likeness (QED) is 0.838. The van der Waals surface area contributed by atoms with Gasteiger partial charge in [0, 0.05) is 13.1 Å². The predicted octanol–water partition coefficient (Wildman–Crippen LogP) is 2.85. The number of nitrogens with zero attached hydrogens (tertiary/aromatic N) is 1. The fourth-order valence-electron chi connectivity index (χ4n) is 3.74. The minimum absolute atomic E-state index is 0.212. The van der Waals surface area contributed by atoms with Crippen LogP contribution < -0.4 is 5.32 Å². The number of nitrogens with one attached hydrogen (secondary N) is 1. The molecule has 0 aromatic heterocycles. The van der Waals surface area contributed by atoms with Gasteiger partial charge in [0.15, 0.2) is 0 Å². The van der Waals surface area contributed by atoms with Crippen molar-refractivity contribution in [3.05, 3.63) is 0 Å². The van der Waals surface area contributed by atoms with E-state index in [1.807, 2.05) is 13.8 Å². The maximum Gasteiger partial charge on any atom is 0.326 e. The number of hydrogen-bond acceptors (Lipinski definition) is 2. The summed E-state index contributed by atoms with van der Waals surface area (Å²) in [6, 6.07) is -0.990. The highest BCUT2D eigenvalue weighted by Gasteiger charge is 2.38. The number of amides is 2. The third-order valence-electron chi connectivity index (χ3n) is 5.08. The van der Waals surface area contributed by atoms with Gasteiger partial charge >= 0.3 is 12.0 Å². The van der Waals surface area contributed by atoms with E-state index in [0.717, 1.165) is 25.9 Å². The number of hydrogen-bond donors (Lipinski definition) is 2. The zero-order valence-electron chi connectivity index (χ0n) is 13.2. The monoisotopic (exact) mass is 296 g/mol. The summed E-state index contributed by atoms with van der Waals surface area (Å²) in [6.45, 7) is 5.46. The largest absolute Gasteiger partial charge is 0.480 e. The Bertz CT molecular complexity index is 379. The number of carboxylic acid groups (broad SMARTS) is 1. The highest BCUT2D eigenvalue weighted by atomic mass is 16.4. The zero-order chi connectivity index (χ0) is 15.5. The van der Waals surface area contributed by atoms with Gasteiger partial charge in [-0.1, -0.05) is 26.7 Å². The number of carbonyl (C=O) groups is 2. The second-order valence-electron chi connectivity index (χ2n) is 7.16. The van der Waals surface area contributed by atoms with Crippen molar-refractivity contribution in [3.8, 4) is 0 Å². The smallest absolute Gasteiger partial charge is 0.326 e. The number of aliphatic carboxylic acids is 1. The van der Waals surface area contributed by atoms with E-state index in [1.165, 1.54) is 25.7 Å². The minimum Gasteiger partial charge on any atom is -0.480 e. The van der Waals surface area contributed by atoms with E-state index >= 15 is 0 Å². The van der Waals surface area contributed by atoms with Crippen molar-refractivity contribution in [2.45, 2.75) is 64.8 Å². The summed E-state index contributed by atoms with van der Waals surface area (Å²) in [5.74, 6) is -0.698. The molecule has 2 N–H and O–H groups in total. The Morgan fingerprint density at radius 2 is 1.71 bits per heavy atom. The van der Waals surface area contributed by atoms with Crippen molar-refractivity contribution in [1.82, 2.24) is 10.2 Å². The number of urea groups is 1. The highest BCUT2D eigenvalue weighted by Crippen LogP contribution is 2.46. The van der Waals surface area contributed by atoms with Crippen molar-refractivity contribution in [2.75, 3.05) is 13.1 Å². The zero-order valence-corrected chi connectivity index (χ0v) is 13.2. The van der Waals surface area contributed by atoms with E-state index in [1.54, 1.807) is 4.90 Å². The molecule has 1 saturated carbocycles. The Morgan fingerprint density at radius 1 is 1.14 bits per heavy atom. The molecular weight excluding hydrogens is 268 g/mol. The predicted molar refractivity (Wildman–Crippen MR) is 81.1 cm³/mol.